The number of carbonyl (C=O) groups is 3. The molecule has 7 rings (SSSR count). The van der Waals surface area contributed by atoms with E-state index < -0.39 is 0 Å². The van der Waals surface area contributed by atoms with Gasteiger partial charge in [0.25, 0.3) is 11.5 Å². The normalized spacial score (nSPS) is 24.6. The van der Waals surface area contributed by atoms with Crippen molar-refractivity contribution in [3.05, 3.63) is 98.4 Å². The van der Waals surface area contributed by atoms with Crippen LogP contribution >= 0.6 is 11.6 Å². The van der Waals surface area contributed by atoms with Gasteiger partial charge in [-0.2, -0.15) is 0 Å². The molecule has 50 heavy (non-hydrogen) atoms. The molecule has 1 aromatic heterocycles. The summed E-state index contributed by atoms with van der Waals surface area (Å²) in [6.07, 6.45) is 10.4. The number of anilines is 1. The second kappa shape index (κ2) is 14.3. The smallest absolute Gasteiger partial charge is 0.271 e. The van der Waals surface area contributed by atoms with Gasteiger partial charge in [-0.05, 0) is 111 Å². The zero-order valence-corrected chi connectivity index (χ0v) is 29.9. The Morgan fingerprint density at radius 2 is 1.46 bits per heavy atom. The summed E-state index contributed by atoms with van der Waals surface area (Å²) < 4.78 is 1.48. The highest BCUT2D eigenvalue weighted by Crippen LogP contribution is 2.49. The fourth-order valence-electron chi connectivity index (χ4n) is 8.93. The summed E-state index contributed by atoms with van der Waals surface area (Å²) in [5.74, 6) is 0.343. The second-order valence-electron chi connectivity index (χ2n) is 15.3. The third-order valence-electron chi connectivity index (χ3n) is 12.0. The summed E-state index contributed by atoms with van der Waals surface area (Å²) >= 11 is 6.36. The highest BCUT2D eigenvalue weighted by molar-refractivity contribution is 6.33. The van der Waals surface area contributed by atoms with E-state index >= 15 is 0 Å². The van der Waals surface area contributed by atoms with E-state index in [1.807, 2.05) is 23.1 Å². The van der Waals surface area contributed by atoms with Crippen LogP contribution in [0.25, 0.3) is 0 Å². The van der Waals surface area contributed by atoms with E-state index in [0.29, 0.717) is 35.8 Å². The van der Waals surface area contributed by atoms with Crippen LogP contribution in [0.1, 0.15) is 103 Å². The number of imide groups is 1. The quantitative estimate of drug-likeness (QED) is 0.305. The second-order valence-corrected chi connectivity index (χ2v) is 15.7. The number of aromatic nitrogens is 1. The van der Waals surface area contributed by atoms with Crippen LogP contribution in [0.3, 0.4) is 0 Å². The van der Waals surface area contributed by atoms with E-state index in [-0.39, 0.29) is 40.3 Å². The molecular formula is C40H48ClN5O4. The van der Waals surface area contributed by atoms with Gasteiger partial charge in [0.2, 0.25) is 11.8 Å². The van der Waals surface area contributed by atoms with E-state index in [9.17, 15) is 19.2 Å². The SMILES string of the molecule is CN1C[C@H](Nc2ccn(C)c(=O)c2Cl)C[C@H](c2ccc(C(=O)N3CCC4(CCC(c5ccc(C6CCC(=O)NC6=O)cc5)CC4)CC3)cc2)C1. The van der Waals surface area contributed by atoms with Gasteiger partial charge in [-0.1, -0.05) is 48.0 Å². The van der Waals surface area contributed by atoms with Crippen LogP contribution in [0.5, 0.6) is 0 Å². The number of carbonyl (C=O) groups excluding carboxylic acids is 3. The van der Waals surface area contributed by atoms with Gasteiger partial charge < -0.3 is 19.7 Å². The van der Waals surface area contributed by atoms with Crippen molar-refractivity contribution in [1.82, 2.24) is 19.7 Å². The van der Waals surface area contributed by atoms with Crippen molar-refractivity contribution in [2.45, 2.75) is 81.6 Å². The Hall–Kier alpha value is -3.95. The first-order valence-corrected chi connectivity index (χ1v) is 18.6. The summed E-state index contributed by atoms with van der Waals surface area (Å²) in [5.41, 5.74) is 5.08. The number of hydrogen-bond donors (Lipinski definition) is 2. The molecule has 2 N–H and O–H groups in total. The maximum atomic E-state index is 13.6. The predicted octanol–water partition coefficient (Wildman–Crippen LogP) is 6.04. The molecule has 3 aromatic rings. The zero-order chi connectivity index (χ0) is 35.0. The maximum Gasteiger partial charge on any atom is 0.271 e. The van der Waals surface area contributed by atoms with E-state index in [4.69, 9.17) is 11.6 Å². The molecule has 1 aliphatic carbocycles. The lowest BCUT2D eigenvalue weighted by molar-refractivity contribution is -0.134. The maximum absolute atomic E-state index is 13.6. The molecule has 3 aliphatic heterocycles. The Kier molecular flexibility index (Phi) is 9.90. The molecule has 1 spiro atoms. The number of aryl methyl sites for hydroxylation is 1. The fourth-order valence-corrected chi connectivity index (χ4v) is 9.19. The van der Waals surface area contributed by atoms with Gasteiger partial charge in [-0.3, -0.25) is 24.5 Å². The summed E-state index contributed by atoms with van der Waals surface area (Å²) in [6.45, 7) is 3.39. The number of pyridine rings is 1. The van der Waals surface area contributed by atoms with Crippen molar-refractivity contribution in [3.63, 3.8) is 0 Å². The lowest BCUT2D eigenvalue weighted by Crippen LogP contribution is -2.44. The number of rotatable bonds is 6. The van der Waals surface area contributed by atoms with Crippen LogP contribution in [-0.4, -0.2) is 71.4 Å². The minimum absolute atomic E-state index is 0.122. The minimum Gasteiger partial charge on any atom is -0.380 e. The molecule has 3 amide bonds. The monoisotopic (exact) mass is 697 g/mol. The number of likely N-dealkylation sites (N-methyl/N-ethyl adjacent to an activating group) is 1. The zero-order valence-electron chi connectivity index (χ0n) is 29.1. The van der Waals surface area contributed by atoms with E-state index in [2.05, 4.69) is 59.0 Å². The topological polar surface area (TPSA) is 104 Å². The highest BCUT2D eigenvalue weighted by Gasteiger charge is 2.39. The third-order valence-corrected chi connectivity index (χ3v) is 12.4. The molecule has 4 fully saturated rings. The standard InChI is InChI=1S/C40H48ClN5O4/c1-44-24-31(23-32(25-44)42-34-15-20-45(2)39(50)36(34)41)27-5-9-30(10-6-27)38(49)46-21-18-40(19-22-46)16-13-28(14-17-40)26-3-7-29(8-4-26)33-11-12-35(47)43-37(33)48/h3-10,15,20,28,31-33,42H,11-14,16-19,21-25H2,1-2H3,(H,43,47,48)/t31-,32+,33?/m0/s1. The third kappa shape index (κ3) is 7.26. The lowest BCUT2D eigenvalue weighted by Gasteiger charge is -2.46. The number of likely N-dealkylation sites (tertiary alicyclic amines) is 2. The Labute approximate surface area is 299 Å². The van der Waals surface area contributed by atoms with Gasteiger partial charge in [0, 0.05) is 57.4 Å². The van der Waals surface area contributed by atoms with Gasteiger partial charge in [0.05, 0.1) is 11.6 Å². The van der Waals surface area contributed by atoms with Crippen LogP contribution in [0.4, 0.5) is 5.69 Å². The molecule has 3 atom stereocenters. The molecular weight excluding hydrogens is 650 g/mol. The number of benzene rings is 2. The first-order valence-electron chi connectivity index (χ1n) is 18.2. The first kappa shape index (κ1) is 34.5. The van der Waals surface area contributed by atoms with Gasteiger partial charge in [-0.25, -0.2) is 0 Å². The number of nitrogens with one attached hydrogen (secondary N) is 2. The molecule has 2 aromatic carbocycles. The molecule has 1 unspecified atom stereocenters. The highest BCUT2D eigenvalue weighted by atomic mass is 35.5. The molecule has 10 heteroatoms. The summed E-state index contributed by atoms with van der Waals surface area (Å²) in [4.78, 5) is 54.1. The summed E-state index contributed by atoms with van der Waals surface area (Å²) in [6, 6.07) is 18.7. The van der Waals surface area contributed by atoms with Gasteiger partial charge in [0.15, 0.2) is 0 Å². The van der Waals surface area contributed by atoms with E-state index in [0.717, 1.165) is 69.4 Å². The molecule has 0 radical (unpaired) electrons. The minimum atomic E-state index is -0.239. The van der Waals surface area contributed by atoms with E-state index in [1.165, 1.54) is 28.5 Å². The van der Waals surface area contributed by atoms with Crippen LogP contribution in [0.2, 0.25) is 5.02 Å². The van der Waals surface area contributed by atoms with Crippen molar-refractivity contribution in [2.75, 3.05) is 38.5 Å². The molecule has 0 bridgehead atoms. The summed E-state index contributed by atoms with van der Waals surface area (Å²) in [7, 11) is 3.81. The van der Waals surface area contributed by atoms with Crippen molar-refractivity contribution in [3.8, 4) is 0 Å². The molecule has 9 nitrogen and oxygen atoms in total. The molecule has 3 saturated heterocycles. The van der Waals surface area contributed by atoms with Gasteiger partial charge >= 0.3 is 0 Å². The van der Waals surface area contributed by atoms with Crippen molar-refractivity contribution in [2.24, 2.45) is 12.5 Å². The fraction of sp³-hybridized carbons (Fsp3) is 0.500. The van der Waals surface area contributed by atoms with Gasteiger partial charge in [-0.15, -0.1) is 0 Å². The van der Waals surface area contributed by atoms with Crippen molar-refractivity contribution < 1.29 is 14.4 Å². The largest absolute Gasteiger partial charge is 0.380 e. The Balaban J connectivity index is 0.901. The Morgan fingerprint density at radius 3 is 2.14 bits per heavy atom. The Bertz CT molecular complexity index is 1790. The predicted molar refractivity (Wildman–Crippen MR) is 196 cm³/mol. The van der Waals surface area contributed by atoms with Crippen LogP contribution < -0.4 is 16.2 Å². The molecule has 4 heterocycles. The summed E-state index contributed by atoms with van der Waals surface area (Å²) in [5, 5.41) is 6.19. The van der Waals surface area contributed by atoms with Crippen LogP contribution in [-0.2, 0) is 16.6 Å². The van der Waals surface area contributed by atoms with Crippen LogP contribution in [0, 0.1) is 5.41 Å². The van der Waals surface area contributed by atoms with Crippen molar-refractivity contribution >= 4 is 35.0 Å². The average molecular weight is 698 g/mol. The Morgan fingerprint density at radius 1 is 0.820 bits per heavy atom. The molecule has 1 saturated carbocycles. The number of hydrogen-bond acceptors (Lipinski definition) is 6. The first-order chi connectivity index (χ1) is 24.1. The van der Waals surface area contributed by atoms with Crippen LogP contribution in [0.15, 0.2) is 65.6 Å². The number of nitrogens with zero attached hydrogens (tertiary/aromatic N) is 3. The van der Waals surface area contributed by atoms with E-state index in [1.54, 1.807) is 13.2 Å². The average Bonchev–Trinajstić information content (AvgIpc) is 3.12. The molecule has 4 aliphatic rings. The number of halogens is 1. The van der Waals surface area contributed by atoms with Crippen molar-refractivity contribution in [1.29, 1.82) is 0 Å². The van der Waals surface area contributed by atoms with Gasteiger partial charge in [0.1, 0.15) is 5.02 Å². The lowest BCUT2D eigenvalue weighted by atomic mass is 9.64. The number of piperidine rings is 3. The molecule has 264 valence electrons. The number of amides is 3.